The minimum Gasteiger partial charge on any atom is -0.486 e. The zero-order chi connectivity index (χ0) is 19.2. The summed E-state index contributed by atoms with van der Waals surface area (Å²) in [7, 11) is 0. The van der Waals surface area contributed by atoms with Crippen LogP contribution >= 0.6 is 22.9 Å². The topological polar surface area (TPSA) is 60.5 Å². The second-order valence-electron chi connectivity index (χ2n) is 5.24. The van der Waals surface area contributed by atoms with Gasteiger partial charge in [-0.25, -0.2) is 4.98 Å². The van der Waals surface area contributed by atoms with Crippen LogP contribution < -0.4 is 14.8 Å². The Morgan fingerprint density at radius 1 is 1.22 bits per heavy atom. The van der Waals surface area contributed by atoms with Crippen LogP contribution in [-0.4, -0.2) is 17.5 Å². The van der Waals surface area contributed by atoms with Crippen molar-refractivity contribution in [3.63, 3.8) is 0 Å². The molecule has 9 heteroatoms. The van der Waals surface area contributed by atoms with E-state index in [-0.39, 0.29) is 17.4 Å². The number of carbonyl (C=O) groups is 1. The maximum atomic E-state index is 12.6. The number of para-hydroxylation sites is 1. The van der Waals surface area contributed by atoms with Crippen LogP contribution in [0.25, 0.3) is 0 Å². The predicted molar refractivity (Wildman–Crippen MR) is 98.9 cm³/mol. The second kappa shape index (κ2) is 8.79. The Balaban J connectivity index is 1.71. The van der Waals surface area contributed by atoms with E-state index in [1.54, 1.807) is 29.8 Å². The molecule has 1 aromatic heterocycles. The van der Waals surface area contributed by atoms with Gasteiger partial charge in [-0.2, -0.15) is 8.78 Å². The highest BCUT2D eigenvalue weighted by Gasteiger charge is 2.14. The lowest BCUT2D eigenvalue weighted by atomic mass is 10.2. The third-order valence-electron chi connectivity index (χ3n) is 3.40. The first kappa shape index (κ1) is 19.1. The van der Waals surface area contributed by atoms with E-state index in [2.05, 4.69) is 15.0 Å². The molecule has 0 aliphatic rings. The molecular weight excluding hydrogens is 398 g/mol. The van der Waals surface area contributed by atoms with Gasteiger partial charge in [-0.05, 0) is 30.3 Å². The van der Waals surface area contributed by atoms with Crippen molar-refractivity contribution < 1.29 is 23.0 Å². The number of hydrogen-bond donors (Lipinski definition) is 1. The molecule has 1 amide bonds. The van der Waals surface area contributed by atoms with E-state index in [4.69, 9.17) is 16.3 Å². The Kier molecular flexibility index (Phi) is 6.20. The van der Waals surface area contributed by atoms with Crippen molar-refractivity contribution in [3.05, 3.63) is 69.6 Å². The first-order valence-corrected chi connectivity index (χ1v) is 8.99. The Morgan fingerprint density at radius 3 is 2.74 bits per heavy atom. The summed E-state index contributed by atoms with van der Waals surface area (Å²) in [6.45, 7) is -2.75. The molecule has 0 spiro atoms. The molecule has 0 saturated heterocycles. The number of rotatable bonds is 7. The summed E-state index contributed by atoms with van der Waals surface area (Å²) in [5.74, 6) is -0.203. The highest BCUT2D eigenvalue weighted by Crippen LogP contribution is 2.29. The number of hydrogen-bond acceptors (Lipinski definition) is 5. The number of halogens is 3. The summed E-state index contributed by atoms with van der Waals surface area (Å²) in [5, 5.41) is 4.47. The molecule has 140 valence electrons. The van der Waals surface area contributed by atoms with Gasteiger partial charge in [0.25, 0.3) is 5.91 Å². The Labute approximate surface area is 162 Å². The number of nitrogens with one attached hydrogen (secondary N) is 1. The Morgan fingerprint density at radius 2 is 2.04 bits per heavy atom. The molecule has 1 heterocycles. The van der Waals surface area contributed by atoms with Gasteiger partial charge in [0.05, 0.1) is 21.8 Å². The molecule has 0 aliphatic heterocycles. The molecule has 0 bridgehead atoms. The zero-order valence-electron chi connectivity index (χ0n) is 13.7. The fourth-order valence-electron chi connectivity index (χ4n) is 2.21. The molecule has 5 nitrogen and oxygen atoms in total. The maximum Gasteiger partial charge on any atom is 0.387 e. The number of benzene rings is 2. The number of ether oxygens (including phenoxy) is 2. The van der Waals surface area contributed by atoms with E-state index < -0.39 is 12.5 Å². The standard InChI is InChI=1S/C18H13ClF2N2O3S/c19-14-7-11(5-6-16(14)26-18(20)21)23-17(24)13-3-1-2-4-15(13)25-8-12-9-27-10-22-12/h1-7,9-10,18H,8H2,(H,23,24). The van der Waals surface area contributed by atoms with Crippen LogP contribution in [0.2, 0.25) is 5.02 Å². The fourth-order valence-corrected chi connectivity index (χ4v) is 2.98. The predicted octanol–water partition coefficient (Wildman–Crippen LogP) is 5.23. The van der Waals surface area contributed by atoms with E-state index in [9.17, 15) is 13.6 Å². The normalized spacial score (nSPS) is 10.7. The number of aromatic nitrogens is 1. The van der Waals surface area contributed by atoms with Crippen LogP contribution in [0.3, 0.4) is 0 Å². The molecule has 0 radical (unpaired) electrons. The van der Waals surface area contributed by atoms with Crippen molar-refractivity contribution >= 4 is 34.5 Å². The van der Waals surface area contributed by atoms with Gasteiger partial charge < -0.3 is 14.8 Å². The summed E-state index contributed by atoms with van der Waals surface area (Å²) in [5.41, 5.74) is 3.11. The molecule has 1 N–H and O–H groups in total. The van der Waals surface area contributed by atoms with Crippen LogP contribution in [0.4, 0.5) is 14.5 Å². The summed E-state index contributed by atoms with van der Waals surface area (Å²) in [6, 6.07) is 10.7. The maximum absolute atomic E-state index is 12.6. The summed E-state index contributed by atoms with van der Waals surface area (Å²) in [4.78, 5) is 16.7. The van der Waals surface area contributed by atoms with E-state index in [1.165, 1.54) is 29.5 Å². The number of thiazole rings is 1. The smallest absolute Gasteiger partial charge is 0.387 e. The molecule has 0 aliphatic carbocycles. The Hall–Kier alpha value is -2.71. The quantitative estimate of drug-likeness (QED) is 0.579. The second-order valence-corrected chi connectivity index (χ2v) is 6.37. The number of nitrogens with zero attached hydrogens (tertiary/aromatic N) is 1. The molecule has 0 fully saturated rings. The number of anilines is 1. The van der Waals surface area contributed by atoms with Crippen molar-refractivity contribution in [3.8, 4) is 11.5 Å². The molecule has 3 aromatic rings. The lowest BCUT2D eigenvalue weighted by Crippen LogP contribution is -2.14. The molecule has 0 unspecified atom stereocenters. The molecule has 2 aromatic carbocycles. The lowest BCUT2D eigenvalue weighted by Gasteiger charge is -2.12. The fraction of sp³-hybridized carbons (Fsp3) is 0.111. The molecule has 0 saturated carbocycles. The van der Waals surface area contributed by atoms with Gasteiger partial charge >= 0.3 is 6.61 Å². The summed E-state index contributed by atoms with van der Waals surface area (Å²) < 4.78 is 34.5. The monoisotopic (exact) mass is 410 g/mol. The minimum atomic E-state index is -2.98. The average Bonchev–Trinajstić information content (AvgIpc) is 3.16. The van der Waals surface area contributed by atoms with Crippen molar-refractivity contribution in [2.45, 2.75) is 13.2 Å². The minimum absolute atomic E-state index is 0.0406. The molecule has 27 heavy (non-hydrogen) atoms. The van der Waals surface area contributed by atoms with E-state index in [1.807, 2.05) is 5.38 Å². The third kappa shape index (κ3) is 5.15. The molecular formula is C18H13ClF2N2O3S. The van der Waals surface area contributed by atoms with Gasteiger partial charge in [0, 0.05) is 11.1 Å². The largest absolute Gasteiger partial charge is 0.486 e. The van der Waals surface area contributed by atoms with E-state index in [0.29, 0.717) is 17.0 Å². The van der Waals surface area contributed by atoms with Crippen LogP contribution in [-0.2, 0) is 6.61 Å². The SMILES string of the molecule is O=C(Nc1ccc(OC(F)F)c(Cl)c1)c1ccccc1OCc1cscn1. The van der Waals surface area contributed by atoms with Gasteiger partial charge in [-0.3, -0.25) is 4.79 Å². The van der Waals surface area contributed by atoms with Crippen molar-refractivity contribution in [2.75, 3.05) is 5.32 Å². The van der Waals surface area contributed by atoms with Gasteiger partial charge in [0.1, 0.15) is 18.1 Å². The van der Waals surface area contributed by atoms with Crippen LogP contribution in [0, 0.1) is 0 Å². The third-order valence-corrected chi connectivity index (χ3v) is 4.33. The van der Waals surface area contributed by atoms with Crippen LogP contribution in [0.15, 0.2) is 53.4 Å². The van der Waals surface area contributed by atoms with Crippen molar-refractivity contribution in [1.29, 1.82) is 0 Å². The number of alkyl halides is 2. The molecule has 3 rings (SSSR count). The zero-order valence-corrected chi connectivity index (χ0v) is 15.3. The van der Waals surface area contributed by atoms with Crippen LogP contribution in [0.5, 0.6) is 11.5 Å². The Bertz CT molecular complexity index is 923. The van der Waals surface area contributed by atoms with Gasteiger partial charge in [0.15, 0.2) is 0 Å². The molecule has 0 atom stereocenters. The van der Waals surface area contributed by atoms with E-state index >= 15 is 0 Å². The highest BCUT2D eigenvalue weighted by atomic mass is 35.5. The summed E-state index contributed by atoms with van der Waals surface area (Å²) >= 11 is 7.35. The number of carbonyl (C=O) groups excluding carboxylic acids is 1. The lowest BCUT2D eigenvalue weighted by molar-refractivity contribution is -0.0497. The van der Waals surface area contributed by atoms with Gasteiger partial charge in [0.2, 0.25) is 0 Å². The van der Waals surface area contributed by atoms with Crippen molar-refractivity contribution in [1.82, 2.24) is 4.98 Å². The van der Waals surface area contributed by atoms with Gasteiger partial charge in [-0.15, -0.1) is 11.3 Å². The first-order valence-electron chi connectivity index (χ1n) is 7.67. The van der Waals surface area contributed by atoms with Crippen LogP contribution in [0.1, 0.15) is 16.1 Å². The van der Waals surface area contributed by atoms with Gasteiger partial charge in [-0.1, -0.05) is 23.7 Å². The van der Waals surface area contributed by atoms with Crippen molar-refractivity contribution in [2.24, 2.45) is 0 Å². The number of amides is 1. The first-order chi connectivity index (χ1) is 13.0. The van der Waals surface area contributed by atoms with E-state index in [0.717, 1.165) is 5.69 Å². The highest BCUT2D eigenvalue weighted by molar-refractivity contribution is 7.07. The average molecular weight is 411 g/mol. The summed E-state index contributed by atoms with van der Waals surface area (Å²) in [6.07, 6.45) is 0.